The molecule has 1 heteroatoms. The molecule has 0 aromatic rings. The molecule has 60 valence electrons. The predicted molar refractivity (Wildman–Crippen MR) is 45.1 cm³/mol. The Hall–Kier alpha value is -0.0400. The fourth-order valence-corrected chi connectivity index (χ4v) is 1.83. The zero-order valence-corrected chi connectivity index (χ0v) is 7.65. The van der Waals surface area contributed by atoms with Crippen molar-refractivity contribution < 1.29 is 0 Å². The maximum atomic E-state index is 2.47. The first-order valence-electron chi connectivity index (χ1n) is 4.23. The minimum absolute atomic E-state index is 0.442. The molecule has 0 aliphatic carbocycles. The first-order chi connectivity index (χ1) is 4.52. The molecule has 0 aromatic heterocycles. The van der Waals surface area contributed by atoms with Crippen LogP contribution in [0.15, 0.2) is 0 Å². The average Bonchev–Trinajstić information content (AvgIpc) is 1.78. The molecule has 1 saturated heterocycles. The van der Waals surface area contributed by atoms with Crippen LogP contribution in [0.25, 0.3) is 0 Å². The highest BCUT2D eigenvalue weighted by Crippen LogP contribution is 2.29. The smallest absolute Gasteiger partial charge is 0.0152 e. The molecule has 0 saturated carbocycles. The summed E-state index contributed by atoms with van der Waals surface area (Å²) in [5, 5.41) is 0. The van der Waals surface area contributed by atoms with E-state index in [2.05, 4.69) is 32.7 Å². The van der Waals surface area contributed by atoms with Gasteiger partial charge >= 0.3 is 0 Å². The zero-order chi connectivity index (χ0) is 7.78. The lowest BCUT2D eigenvalue weighted by Gasteiger charge is -2.42. The molecular weight excluding hydrogens is 122 g/mol. The Bertz CT molecular complexity index is 118. The van der Waals surface area contributed by atoms with Crippen LogP contribution in [0.4, 0.5) is 0 Å². The van der Waals surface area contributed by atoms with Crippen molar-refractivity contribution in [3.05, 3.63) is 0 Å². The minimum Gasteiger partial charge on any atom is -0.301 e. The normalized spacial score (nSPS) is 34.2. The van der Waals surface area contributed by atoms with Crippen molar-refractivity contribution in [3.8, 4) is 0 Å². The van der Waals surface area contributed by atoms with Gasteiger partial charge in [0.25, 0.3) is 0 Å². The molecule has 0 N–H and O–H groups in total. The lowest BCUT2D eigenvalue weighted by Crippen LogP contribution is -2.46. The molecule has 1 rings (SSSR count). The summed E-state index contributed by atoms with van der Waals surface area (Å²) in [5.41, 5.74) is 0.442. The van der Waals surface area contributed by atoms with Crippen molar-refractivity contribution in [2.24, 2.45) is 5.92 Å². The van der Waals surface area contributed by atoms with E-state index in [1.807, 2.05) is 0 Å². The predicted octanol–water partition coefficient (Wildman–Crippen LogP) is 2.13. The van der Waals surface area contributed by atoms with E-state index < -0.39 is 0 Å². The van der Waals surface area contributed by atoms with Crippen LogP contribution in [0.1, 0.15) is 33.6 Å². The molecule has 0 aromatic carbocycles. The van der Waals surface area contributed by atoms with Crippen LogP contribution < -0.4 is 0 Å². The third-order valence-corrected chi connectivity index (χ3v) is 2.84. The maximum absolute atomic E-state index is 2.47. The second kappa shape index (κ2) is 2.54. The topological polar surface area (TPSA) is 3.24 Å². The van der Waals surface area contributed by atoms with Crippen LogP contribution in [0, 0.1) is 5.92 Å². The van der Waals surface area contributed by atoms with E-state index in [9.17, 15) is 0 Å². The van der Waals surface area contributed by atoms with E-state index >= 15 is 0 Å². The summed E-state index contributed by atoms with van der Waals surface area (Å²) in [4.78, 5) is 2.47. The van der Waals surface area contributed by atoms with Gasteiger partial charge in [-0.15, -0.1) is 0 Å². The first-order valence-corrected chi connectivity index (χ1v) is 4.23. The SMILES string of the molecule is CC1CCN(C)C(C)(C)C1. The Kier molecular flexibility index (Phi) is 2.04. The summed E-state index contributed by atoms with van der Waals surface area (Å²) in [5.74, 6) is 0.922. The lowest BCUT2D eigenvalue weighted by molar-refractivity contribution is 0.0782. The van der Waals surface area contributed by atoms with Crippen molar-refractivity contribution in [2.75, 3.05) is 13.6 Å². The van der Waals surface area contributed by atoms with Crippen LogP contribution in [-0.2, 0) is 0 Å². The highest BCUT2D eigenvalue weighted by atomic mass is 15.2. The van der Waals surface area contributed by atoms with Crippen molar-refractivity contribution in [1.82, 2.24) is 4.90 Å². The summed E-state index contributed by atoms with van der Waals surface area (Å²) >= 11 is 0. The molecule has 1 fully saturated rings. The van der Waals surface area contributed by atoms with Crippen molar-refractivity contribution in [1.29, 1.82) is 0 Å². The highest BCUT2D eigenvalue weighted by molar-refractivity contribution is 4.85. The number of hydrogen-bond donors (Lipinski definition) is 0. The molecule has 0 amide bonds. The summed E-state index contributed by atoms with van der Waals surface area (Å²) in [6, 6.07) is 0. The van der Waals surface area contributed by atoms with Gasteiger partial charge in [0, 0.05) is 5.54 Å². The average molecular weight is 141 g/mol. The Morgan fingerprint density at radius 2 is 2.00 bits per heavy atom. The molecule has 1 unspecified atom stereocenters. The van der Waals surface area contributed by atoms with Crippen LogP contribution >= 0.6 is 0 Å². The van der Waals surface area contributed by atoms with E-state index in [-0.39, 0.29) is 0 Å². The van der Waals surface area contributed by atoms with Gasteiger partial charge in [-0.05, 0) is 46.2 Å². The summed E-state index contributed by atoms with van der Waals surface area (Å²) < 4.78 is 0. The summed E-state index contributed by atoms with van der Waals surface area (Å²) in [6.45, 7) is 8.30. The van der Waals surface area contributed by atoms with Gasteiger partial charge in [-0.1, -0.05) is 6.92 Å². The monoisotopic (exact) mass is 141 g/mol. The van der Waals surface area contributed by atoms with Gasteiger partial charge in [0.15, 0.2) is 0 Å². The molecule has 1 nitrogen and oxygen atoms in total. The lowest BCUT2D eigenvalue weighted by atomic mass is 9.84. The summed E-state index contributed by atoms with van der Waals surface area (Å²) in [7, 11) is 2.23. The molecule has 1 aliphatic heterocycles. The van der Waals surface area contributed by atoms with E-state index in [0.29, 0.717) is 5.54 Å². The highest BCUT2D eigenvalue weighted by Gasteiger charge is 2.29. The van der Waals surface area contributed by atoms with Gasteiger partial charge in [0.05, 0.1) is 0 Å². The Labute approximate surface area is 64.4 Å². The van der Waals surface area contributed by atoms with E-state index in [0.717, 1.165) is 5.92 Å². The minimum atomic E-state index is 0.442. The van der Waals surface area contributed by atoms with E-state index in [1.165, 1.54) is 19.4 Å². The van der Waals surface area contributed by atoms with Crippen molar-refractivity contribution in [3.63, 3.8) is 0 Å². The van der Waals surface area contributed by atoms with Gasteiger partial charge in [-0.25, -0.2) is 0 Å². The maximum Gasteiger partial charge on any atom is 0.0152 e. The molecule has 10 heavy (non-hydrogen) atoms. The second-order valence-corrected chi connectivity index (χ2v) is 4.33. The van der Waals surface area contributed by atoms with Crippen LogP contribution in [-0.4, -0.2) is 24.0 Å². The number of hydrogen-bond acceptors (Lipinski definition) is 1. The summed E-state index contributed by atoms with van der Waals surface area (Å²) in [6.07, 6.45) is 2.73. The number of likely N-dealkylation sites (tertiary alicyclic amines) is 1. The number of rotatable bonds is 0. The van der Waals surface area contributed by atoms with Crippen LogP contribution in [0.2, 0.25) is 0 Å². The molecular formula is C9H19N. The van der Waals surface area contributed by atoms with Gasteiger partial charge in [0.1, 0.15) is 0 Å². The first kappa shape index (κ1) is 8.06. The van der Waals surface area contributed by atoms with Gasteiger partial charge in [-0.3, -0.25) is 0 Å². The molecule has 0 spiro atoms. The van der Waals surface area contributed by atoms with Gasteiger partial charge < -0.3 is 4.90 Å². The fraction of sp³-hybridized carbons (Fsp3) is 1.00. The second-order valence-electron chi connectivity index (χ2n) is 4.33. The standard InChI is InChI=1S/C9H19N/c1-8-5-6-10(4)9(2,3)7-8/h8H,5-7H2,1-4H3. The molecule has 1 heterocycles. The van der Waals surface area contributed by atoms with Crippen LogP contribution in [0.3, 0.4) is 0 Å². The van der Waals surface area contributed by atoms with Crippen molar-refractivity contribution >= 4 is 0 Å². The van der Waals surface area contributed by atoms with E-state index in [1.54, 1.807) is 0 Å². The Morgan fingerprint density at radius 1 is 1.40 bits per heavy atom. The Balaban J connectivity index is 2.55. The Morgan fingerprint density at radius 3 is 2.40 bits per heavy atom. The number of nitrogens with zero attached hydrogens (tertiary/aromatic N) is 1. The zero-order valence-electron chi connectivity index (χ0n) is 7.65. The molecule has 0 radical (unpaired) electrons. The van der Waals surface area contributed by atoms with Crippen LogP contribution in [0.5, 0.6) is 0 Å². The molecule has 0 bridgehead atoms. The third-order valence-electron chi connectivity index (χ3n) is 2.84. The fourth-order valence-electron chi connectivity index (χ4n) is 1.83. The quantitative estimate of drug-likeness (QED) is 0.499. The van der Waals surface area contributed by atoms with E-state index in [4.69, 9.17) is 0 Å². The molecule has 1 aliphatic rings. The van der Waals surface area contributed by atoms with Gasteiger partial charge in [-0.2, -0.15) is 0 Å². The molecule has 1 atom stereocenters. The third kappa shape index (κ3) is 1.51. The number of piperidine rings is 1. The van der Waals surface area contributed by atoms with Gasteiger partial charge in [0.2, 0.25) is 0 Å². The van der Waals surface area contributed by atoms with Crippen molar-refractivity contribution in [2.45, 2.75) is 39.2 Å². The largest absolute Gasteiger partial charge is 0.301 e.